The van der Waals surface area contributed by atoms with E-state index >= 15 is 0 Å². The van der Waals surface area contributed by atoms with Crippen molar-refractivity contribution in [2.45, 2.75) is 44.2 Å². The summed E-state index contributed by atoms with van der Waals surface area (Å²) < 4.78 is 0. The van der Waals surface area contributed by atoms with E-state index in [0.29, 0.717) is 6.04 Å². The maximum absolute atomic E-state index is 10.7. The summed E-state index contributed by atoms with van der Waals surface area (Å²) in [5, 5.41) is 11.9. The predicted molar refractivity (Wildman–Crippen MR) is 50.3 cm³/mol. The summed E-state index contributed by atoms with van der Waals surface area (Å²) in [6, 6.07) is -0.206. The summed E-state index contributed by atoms with van der Waals surface area (Å²) in [7, 11) is 0. The molecule has 1 atom stereocenters. The van der Waals surface area contributed by atoms with Crippen molar-refractivity contribution in [3.63, 3.8) is 0 Å². The molecule has 1 saturated carbocycles. The highest BCUT2D eigenvalue weighted by atomic mass is 16.4. The summed E-state index contributed by atoms with van der Waals surface area (Å²) in [6.07, 6.45) is 9.90. The van der Waals surface area contributed by atoms with Crippen LogP contribution in [0.4, 0.5) is 0 Å². The molecule has 1 aliphatic carbocycles. The number of rotatable bonds is 4. The van der Waals surface area contributed by atoms with Crippen LogP contribution in [-0.4, -0.2) is 23.2 Å². The third-order valence-corrected chi connectivity index (χ3v) is 2.41. The molecule has 1 aliphatic rings. The molecule has 13 heavy (non-hydrogen) atoms. The Balaban J connectivity index is 2.37. The zero-order valence-electron chi connectivity index (χ0n) is 7.62. The van der Waals surface area contributed by atoms with Crippen molar-refractivity contribution >= 4 is 5.97 Å². The average Bonchev–Trinajstić information content (AvgIpc) is 2.56. The smallest absolute Gasteiger partial charge is 0.321 e. The van der Waals surface area contributed by atoms with Crippen LogP contribution in [0.15, 0.2) is 0 Å². The van der Waals surface area contributed by atoms with Crippen molar-refractivity contribution in [3.8, 4) is 12.3 Å². The lowest BCUT2D eigenvalue weighted by atomic mass is 10.1. The van der Waals surface area contributed by atoms with E-state index in [1.807, 2.05) is 0 Å². The normalized spacial score (nSPS) is 19.6. The van der Waals surface area contributed by atoms with Crippen LogP contribution in [0.25, 0.3) is 0 Å². The minimum atomic E-state index is -0.843. The van der Waals surface area contributed by atoms with Crippen LogP contribution >= 0.6 is 0 Å². The van der Waals surface area contributed by atoms with Crippen molar-refractivity contribution < 1.29 is 9.90 Å². The third-order valence-electron chi connectivity index (χ3n) is 2.41. The van der Waals surface area contributed by atoms with E-state index in [1.54, 1.807) is 0 Å². The second-order valence-electron chi connectivity index (χ2n) is 3.45. The van der Waals surface area contributed by atoms with Crippen molar-refractivity contribution in [2.24, 2.45) is 0 Å². The highest BCUT2D eigenvalue weighted by Crippen LogP contribution is 2.18. The average molecular weight is 181 g/mol. The van der Waals surface area contributed by atoms with Gasteiger partial charge in [-0.15, -0.1) is 12.3 Å². The van der Waals surface area contributed by atoms with Gasteiger partial charge >= 0.3 is 5.97 Å². The number of nitrogens with one attached hydrogen (secondary N) is 1. The van der Waals surface area contributed by atoms with Gasteiger partial charge in [-0.25, -0.2) is 0 Å². The molecule has 1 fully saturated rings. The number of carboxylic acid groups (broad SMARTS) is 1. The molecule has 0 aromatic heterocycles. The van der Waals surface area contributed by atoms with Crippen molar-refractivity contribution in [1.82, 2.24) is 5.32 Å². The van der Waals surface area contributed by atoms with Gasteiger partial charge in [-0.1, -0.05) is 12.8 Å². The molecule has 1 rings (SSSR count). The third kappa shape index (κ3) is 3.08. The van der Waals surface area contributed by atoms with Crippen molar-refractivity contribution in [2.75, 3.05) is 0 Å². The van der Waals surface area contributed by atoms with Crippen LogP contribution in [-0.2, 0) is 4.79 Å². The summed E-state index contributed by atoms with van der Waals surface area (Å²) in [4.78, 5) is 10.7. The fraction of sp³-hybridized carbons (Fsp3) is 0.700. The van der Waals surface area contributed by atoms with E-state index in [1.165, 1.54) is 12.8 Å². The van der Waals surface area contributed by atoms with E-state index in [-0.39, 0.29) is 6.42 Å². The molecule has 0 saturated heterocycles. The maximum Gasteiger partial charge on any atom is 0.321 e. The Morgan fingerprint density at radius 2 is 2.23 bits per heavy atom. The highest BCUT2D eigenvalue weighted by Gasteiger charge is 2.22. The second kappa shape index (κ2) is 4.88. The van der Waals surface area contributed by atoms with Crippen molar-refractivity contribution in [1.29, 1.82) is 0 Å². The van der Waals surface area contributed by atoms with Crippen LogP contribution in [0.2, 0.25) is 0 Å². The summed E-state index contributed by atoms with van der Waals surface area (Å²) in [6.45, 7) is 0. The Labute approximate surface area is 78.5 Å². The Morgan fingerprint density at radius 1 is 1.62 bits per heavy atom. The molecule has 0 amide bonds. The molecule has 0 spiro atoms. The first kappa shape index (κ1) is 10.1. The largest absolute Gasteiger partial charge is 0.480 e. The van der Waals surface area contributed by atoms with Gasteiger partial charge in [0.15, 0.2) is 0 Å². The fourth-order valence-corrected chi connectivity index (χ4v) is 1.71. The quantitative estimate of drug-likeness (QED) is 0.636. The molecule has 72 valence electrons. The molecule has 0 heterocycles. The van der Waals surface area contributed by atoms with Crippen LogP contribution in [0.5, 0.6) is 0 Å². The van der Waals surface area contributed by atoms with Gasteiger partial charge in [-0.05, 0) is 12.8 Å². The Morgan fingerprint density at radius 3 is 2.69 bits per heavy atom. The zero-order chi connectivity index (χ0) is 9.68. The molecule has 0 bridgehead atoms. The molecule has 3 heteroatoms. The predicted octanol–water partition coefficient (Wildman–Crippen LogP) is 0.995. The zero-order valence-corrected chi connectivity index (χ0v) is 7.62. The monoisotopic (exact) mass is 181 g/mol. The number of hydrogen-bond donors (Lipinski definition) is 2. The minimum absolute atomic E-state index is 0.270. The number of hydrogen-bond acceptors (Lipinski definition) is 2. The number of carbonyl (C=O) groups is 1. The molecule has 3 nitrogen and oxygen atoms in total. The van der Waals surface area contributed by atoms with E-state index in [4.69, 9.17) is 11.5 Å². The summed E-state index contributed by atoms with van der Waals surface area (Å²) >= 11 is 0. The number of terminal acetylenes is 1. The van der Waals surface area contributed by atoms with Crippen LogP contribution < -0.4 is 5.32 Å². The molecule has 0 aromatic rings. The first-order chi connectivity index (χ1) is 6.24. The van der Waals surface area contributed by atoms with E-state index in [9.17, 15) is 4.79 Å². The number of carboxylic acids is 1. The molecule has 0 radical (unpaired) electrons. The number of aliphatic carboxylic acids is 1. The summed E-state index contributed by atoms with van der Waals surface area (Å²) in [5.74, 6) is 1.54. The summed E-state index contributed by atoms with van der Waals surface area (Å²) in [5.41, 5.74) is 0. The van der Waals surface area contributed by atoms with E-state index in [2.05, 4.69) is 11.2 Å². The van der Waals surface area contributed by atoms with Crippen LogP contribution in [0, 0.1) is 12.3 Å². The van der Waals surface area contributed by atoms with Gasteiger partial charge in [0.1, 0.15) is 6.04 Å². The van der Waals surface area contributed by atoms with Gasteiger partial charge in [0, 0.05) is 12.5 Å². The molecule has 0 aliphatic heterocycles. The van der Waals surface area contributed by atoms with Gasteiger partial charge in [-0.2, -0.15) is 0 Å². The second-order valence-corrected chi connectivity index (χ2v) is 3.45. The lowest BCUT2D eigenvalue weighted by molar-refractivity contribution is -0.139. The Bertz CT molecular complexity index is 213. The Kier molecular flexibility index (Phi) is 3.78. The van der Waals surface area contributed by atoms with Gasteiger partial charge in [-0.3, -0.25) is 4.79 Å². The van der Waals surface area contributed by atoms with Crippen LogP contribution in [0.1, 0.15) is 32.1 Å². The van der Waals surface area contributed by atoms with Gasteiger partial charge in [0.05, 0.1) is 0 Å². The molecule has 2 N–H and O–H groups in total. The lowest BCUT2D eigenvalue weighted by Crippen LogP contribution is -2.41. The first-order valence-corrected chi connectivity index (χ1v) is 4.66. The van der Waals surface area contributed by atoms with Crippen LogP contribution in [0.3, 0.4) is 0 Å². The Hall–Kier alpha value is -1.01. The topological polar surface area (TPSA) is 49.3 Å². The fourth-order valence-electron chi connectivity index (χ4n) is 1.71. The lowest BCUT2D eigenvalue weighted by Gasteiger charge is -2.17. The van der Waals surface area contributed by atoms with E-state index < -0.39 is 12.0 Å². The molecule has 0 aromatic carbocycles. The van der Waals surface area contributed by atoms with E-state index in [0.717, 1.165) is 12.8 Å². The first-order valence-electron chi connectivity index (χ1n) is 4.66. The maximum atomic E-state index is 10.7. The van der Waals surface area contributed by atoms with Gasteiger partial charge in [0.25, 0.3) is 0 Å². The van der Waals surface area contributed by atoms with Gasteiger partial charge in [0.2, 0.25) is 0 Å². The standard InChI is InChI=1S/C10H15NO2/c1-2-5-9(10(12)13)11-8-6-3-4-7-8/h1,8-9,11H,3-7H2,(H,12,13). The SMILES string of the molecule is C#CCC(NC1CCCC1)C(=O)O. The highest BCUT2D eigenvalue weighted by molar-refractivity contribution is 5.73. The molecular formula is C10H15NO2. The van der Waals surface area contributed by atoms with Gasteiger partial charge < -0.3 is 10.4 Å². The molecular weight excluding hydrogens is 166 g/mol. The molecule has 1 unspecified atom stereocenters. The van der Waals surface area contributed by atoms with Crippen molar-refractivity contribution in [3.05, 3.63) is 0 Å². The minimum Gasteiger partial charge on any atom is -0.480 e.